The van der Waals surface area contributed by atoms with Crippen molar-refractivity contribution in [3.8, 4) is 11.6 Å². The molecule has 0 aliphatic rings. The van der Waals surface area contributed by atoms with Gasteiger partial charge in [-0.2, -0.15) is 4.98 Å². The summed E-state index contributed by atoms with van der Waals surface area (Å²) >= 11 is 1.63. The van der Waals surface area contributed by atoms with E-state index in [-0.39, 0.29) is 11.6 Å². The van der Waals surface area contributed by atoms with Crippen LogP contribution in [0.4, 0.5) is 11.5 Å². The average Bonchev–Trinajstić information content (AvgIpc) is 2.47. The topological polar surface area (TPSA) is 77.3 Å². The molecule has 0 atom stereocenters. The van der Waals surface area contributed by atoms with Crippen LogP contribution in [0.15, 0.2) is 41.3 Å². The van der Waals surface area contributed by atoms with Crippen molar-refractivity contribution < 1.29 is 9.66 Å². The quantitative estimate of drug-likeness (QED) is 0.515. The summed E-state index contributed by atoms with van der Waals surface area (Å²) in [5.74, 6) is 1.15. The van der Waals surface area contributed by atoms with Crippen LogP contribution in [0, 0.1) is 10.1 Å². The molecule has 7 heteroatoms. The summed E-state index contributed by atoms with van der Waals surface area (Å²) in [6, 6.07) is 10.1. The van der Waals surface area contributed by atoms with Crippen LogP contribution in [0.25, 0.3) is 0 Å². The Balaban J connectivity index is 2.27. The highest BCUT2D eigenvalue weighted by Gasteiger charge is 2.12. The van der Waals surface area contributed by atoms with Gasteiger partial charge in [0.1, 0.15) is 11.6 Å². The van der Waals surface area contributed by atoms with Gasteiger partial charge in [0.15, 0.2) is 0 Å². The van der Waals surface area contributed by atoms with Gasteiger partial charge in [0, 0.05) is 11.9 Å². The minimum Gasteiger partial charge on any atom is -0.439 e. The van der Waals surface area contributed by atoms with Crippen LogP contribution in [0.5, 0.6) is 11.6 Å². The van der Waals surface area contributed by atoms with Gasteiger partial charge in [0.2, 0.25) is 5.88 Å². The predicted octanol–water partition coefficient (Wildman–Crippen LogP) is 3.55. The van der Waals surface area contributed by atoms with E-state index >= 15 is 0 Å². The number of nitrogens with one attached hydrogen (secondary N) is 1. The van der Waals surface area contributed by atoms with E-state index in [0.29, 0.717) is 11.6 Å². The number of hydrogen-bond acceptors (Lipinski definition) is 6. The van der Waals surface area contributed by atoms with Crippen molar-refractivity contribution in [1.29, 1.82) is 0 Å². The summed E-state index contributed by atoms with van der Waals surface area (Å²) in [5.41, 5.74) is -0.0694. The van der Waals surface area contributed by atoms with Crippen molar-refractivity contribution in [2.24, 2.45) is 0 Å². The first kappa shape index (κ1) is 14.1. The van der Waals surface area contributed by atoms with Gasteiger partial charge in [-0.1, -0.05) is 0 Å². The molecule has 1 heterocycles. The maximum atomic E-state index is 10.8. The van der Waals surface area contributed by atoms with Gasteiger partial charge >= 0.3 is 0 Å². The van der Waals surface area contributed by atoms with E-state index in [0.717, 1.165) is 4.90 Å². The van der Waals surface area contributed by atoms with Gasteiger partial charge in [-0.3, -0.25) is 10.1 Å². The van der Waals surface area contributed by atoms with Crippen molar-refractivity contribution in [2.75, 3.05) is 18.6 Å². The van der Waals surface area contributed by atoms with E-state index in [1.807, 2.05) is 18.4 Å². The first-order valence-electron chi connectivity index (χ1n) is 5.78. The molecule has 0 amide bonds. The molecule has 2 rings (SSSR count). The second-order valence-corrected chi connectivity index (χ2v) is 4.71. The zero-order valence-corrected chi connectivity index (χ0v) is 11.8. The minimum atomic E-state index is -0.480. The molecule has 0 radical (unpaired) electrons. The second kappa shape index (κ2) is 6.25. The average molecular weight is 291 g/mol. The van der Waals surface area contributed by atoms with E-state index in [1.54, 1.807) is 30.9 Å². The van der Waals surface area contributed by atoms with Crippen molar-refractivity contribution in [3.05, 3.63) is 46.5 Å². The summed E-state index contributed by atoms with van der Waals surface area (Å²) in [5, 5.41) is 13.6. The summed E-state index contributed by atoms with van der Waals surface area (Å²) < 4.78 is 5.55. The molecular formula is C13H13N3O3S. The van der Waals surface area contributed by atoms with Crippen molar-refractivity contribution in [1.82, 2.24) is 4.98 Å². The van der Waals surface area contributed by atoms with Gasteiger partial charge in [0.25, 0.3) is 5.69 Å². The number of anilines is 1. The second-order valence-electron chi connectivity index (χ2n) is 3.83. The maximum Gasteiger partial charge on any atom is 0.278 e. The van der Waals surface area contributed by atoms with Crippen LogP contribution < -0.4 is 10.1 Å². The number of thioether (sulfide) groups is 1. The van der Waals surface area contributed by atoms with Crippen LogP contribution in [-0.4, -0.2) is 23.2 Å². The molecule has 0 saturated carbocycles. The molecule has 1 N–H and O–H groups in total. The van der Waals surface area contributed by atoms with Crippen LogP contribution in [-0.2, 0) is 0 Å². The van der Waals surface area contributed by atoms with Gasteiger partial charge in [-0.05, 0) is 30.5 Å². The molecule has 0 spiro atoms. The van der Waals surface area contributed by atoms with E-state index < -0.39 is 4.92 Å². The molecule has 104 valence electrons. The molecule has 6 nitrogen and oxygen atoms in total. The van der Waals surface area contributed by atoms with E-state index in [9.17, 15) is 10.1 Å². The van der Waals surface area contributed by atoms with Crippen LogP contribution in [0.3, 0.4) is 0 Å². The smallest absolute Gasteiger partial charge is 0.278 e. The fourth-order valence-corrected chi connectivity index (χ4v) is 1.95. The number of benzene rings is 1. The fourth-order valence-electron chi connectivity index (χ4n) is 1.54. The molecule has 0 aliphatic carbocycles. The highest BCUT2D eigenvalue weighted by atomic mass is 32.2. The molecule has 1 aromatic heterocycles. The fraction of sp³-hybridized carbons (Fsp3) is 0.154. The van der Waals surface area contributed by atoms with Gasteiger partial charge < -0.3 is 10.1 Å². The Morgan fingerprint density at radius 1 is 1.30 bits per heavy atom. The third-order valence-electron chi connectivity index (χ3n) is 2.54. The molecule has 0 aliphatic heterocycles. The molecule has 20 heavy (non-hydrogen) atoms. The van der Waals surface area contributed by atoms with E-state index in [2.05, 4.69) is 10.3 Å². The molecule has 1 aromatic carbocycles. The summed E-state index contributed by atoms with van der Waals surface area (Å²) in [6.45, 7) is 0. The SMILES string of the molecule is CNc1cc([N+](=O)[O-])cc(Oc2ccc(SC)cc2)n1. The highest BCUT2D eigenvalue weighted by molar-refractivity contribution is 7.98. The first-order valence-corrected chi connectivity index (χ1v) is 7.01. The van der Waals surface area contributed by atoms with Crippen LogP contribution in [0.1, 0.15) is 0 Å². The predicted molar refractivity (Wildman–Crippen MR) is 78.7 cm³/mol. The number of hydrogen-bond donors (Lipinski definition) is 1. The maximum absolute atomic E-state index is 10.8. The van der Waals surface area contributed by atoms with Gasteiger partial charge in [-0.15, -0.1) is 11.8 Å². The van der Waals surface area contributed by atoms with E-state index in [1.165, 1.54) is 12.1 Å². The third kappa shape index (κ3) is 3.39. The van der Waals surface area contributed by atoms with Gasteiger partial charge in [-0.25, -0.2) is 0 Å². The Labute approximate surface area is 120 Å². The number of aromatic nitrogens is 1. The number of nitrogens with zero attached hydrogens (tertiary/aromatic N) is 2. The Morgan fingerprint density at radius 2 is 2.00 bits per heavy atom. The third-order valence-corrected chi connectivity index (χ3v) is 3.28. The molecule has 2 aromatic rings. The summed E-state index contributed by atoms with van der Waals surface area (Å²) in [4.78, 5) is 15.6. The van der Waals surface area contributed by atoms with E-state index in [4.69, 9.17) is 4.74 Å². The summed E-state index contributed by atoms with van der Waals surface area (Å²) in [6.07, 6.45) is 1.98. The zero-order chi connectivity index (χ0) is 14.5. The monoisotopic (exact) mass is 291 g/mol. The normalized spacial score (nSPS) is 10.1. The Hall–Kier alpha value is -2.28. The Kier molecular flexibility index (Phi) is 4.41. The number of rotatable bonds is 5. The highest BCUT2D eigenvalue weighted by Crippen LogP contribution is 2.27. The lowest BCUT2D eigenvalue weighted by molar-refractivity contribution is -0.384. The summed E-state index contributed by atoms with van der Waals surface area (Å²) in [7, 11) is 1.64. The van der Waals surface area contributed by atoms with Crippen LogP contribution in [0.2, 0.25) is 0 Å². The zero-order valence-electron chi connectivity index (χ0n) is 11.0. The Bertz CT molecular complexity index is 617. The first-order chi connectivity index (χ1) is 9.62. The largest absolute Gasteiger partial charge is 0.439 e. The minimum absolute atomic E-state index is 0.0694. The number of ether oxygens (including phenoxy) is 1. The molecule has 0 fully saturated rings. The lowest BCUT2D eigenvalue weighted by atomic mass is 10.3. The number of nitro groups is 1. The van der Waals surface area contributed by atoms with Gasteiger partial charge in [0.05, 0.1) is 17.1 Å². The molecular weight excluding hydrogens is 278 g/mol. The number of pyridine rings is 1. The molecule has 0 bridgehead atoms. The lowest BCUT2D eigenvalue weighted by Gasteiger charge is -2.07. The molecule has 0 saturated heterocycles. The van der Waals surface area contributed by atoms with Crippen LogP contribution >= 0.6 is 11.8 Å². The Morgan fingerprint density at radius 3 is 2.55 bits per heavy atom. The van der Waals surface area contributed by atoms with Crippen molar-refractivity contribution in [2.45, 2.75) is 4.90 Å². The lowest BCUT2D eigenvalue weighted by Crippen LogP contribution is -1.98. The molecule has 0 unspecified atom stereocenters. The standard InChI is InChI=1S/C13H13N3O3S/c1-14-12-7-9(16(17)18)8-13(15-12)19-10-3-5-11(20-2)6-4-10/h3-8H,1-2H3,(H,14,15). The van der Waals surface area contributed by atoms with Crippen molar-refractivity contribution in [3.63, 3.8) is 0 Å². The van der Waals surface area contributed by atoms with Crippen molar-refractivity contribution >= 4 is 23.3 Å².